The number of halogens is 4. The lowest BCUT2D eigenvalue weighted by Crippen LogP contribution is -2.14. The number of fused-ring (bicyclic) bond motifs is 1. The minimum atomic E-state index is -4.56. The lowest BCUT2D eigenvalue weighted by molar-refractivity contribution is -0.137. The molecule has 0 aliphatic rings. The molecule has 0 aliphatic carbocycles. The number of aromatic nitrogens is 5. The van der Waals surface area contributed by atoms with E-state index in [2.05, 4.69) is 20.1 Å². The zero-order valence-electron chi connectivity index (χ0n) is 18.1. The van der Waals surface area contributed by atoms with Crippen LogP contribution in [0, 0.1) is 5.82 Å². The summed E-state index contributed by atoms with van der Waals surface area (Å²) in [5, 5.41) is 4.28. The number of nitrogens with one attached hydrogen (secondary N) is 1. The van der Waals surface area contributed by atoms with Crippen molar-refractivity contribution in [3.05, 3.63) is 47.4 Å². The highest BCUT2D eigenvalue weighted by Gasteiger charge is 2.34. The Morgan fingerprint density at radius 3 is 2.34 bits per heavy atom. The molecule has 0 radical (unpaired) electrons. The summed E-state index contributed by atoms with van der Waals surface area (Å²) in [6.07, 6.45) is -4.56. The SMILES string of the molecule is COc1nc(-c2ccccc2C(F)(F)F)cc2nc(-c3c(F)c(C(C)(C)C)nn3C)[nH]c12. The van der Waals surface area contributed by atoms with Crippen LogP contribution < -0.4 is 4.74 Å². The lowest BCUT2D eigenvalue weighted by Gasteiger charge is -2.14. The number of benzene rings is 1. The van der Waals surface area contributed by atoms with Gasteiger partial charge in [-0.2, -0.15) is 18.3 Å². The van der Waals surface area contributed by atoms with Crippen LogP contribution in [0.4, 0.5) is 17.6 Å². The van der Waals surface area contributed by atoms with Gasteiger partial charge in [0.15, 0.2) is 11.6 Å². The highest BCUT2D eigenvalue weighted by molar-refractivity contribution is 5.87. The zero-order valence-corrected chi connectivity index (χ0v) is 18.1. The average Bonchev–Trinajstić information content (AvgIpc) is 3.26. The Labute approximate surface area is 181 Å². The highest BCUT2D eigenvalue weighted by atomic mass is 19.4. The van der Waals surface area contributed by atoms with Crippen molar-refractivity contribution in [1.29, 1.82) is 0 Å². The van der Waals surface area contributed by atoms with Crippen LogP contribution >= 0.6 is 0 Å². The van der Waals surface area contributed by atoms with E-state index in [1.807, 2.05) is 20.8 Å². The Kier molecular flexibility index (Phi) is 4.98. The number of imidazole rings is 1. The predicted octanol–water partition coefficient (Wildman–Crippen LogP) is 5.49. The molecule has 1 N–H and O–H groups in total. The van der Waals surface area contributed by atoms with Gasteiger partial charge in [0.05, 0.1) is 23.9 Å². The molecule has 0 saturated heterocycles. The summed E-state index contributed by atoms with van der Waals surface area (Å²) >= 11 is 0. The largest absolute Gasteiger partial charge is 0.479 e. The molecular formula is C22H21F4N5O. The number of aromatic amines is 1. The van der Waals surface area contributed by atoms with E-state index in [0.29, 0.717) is 5.52 Å². The maximum absolute atomic E-state index is 15.2. The molecule has 4 rings (SSSR count). The first-order valence-electron chi connectivity index (χ1n) is 9.76. The van der Waals surface area contributed by atoms with Crippen LogP contribution in [0.15, 0.2) is 30.3 Å². The second kappa shape index (κ2) is 7.32. The number of nitrogens with zero attached hydrogens (tertiary/aromatic N) is 4. The van der Waals surface area contributed by atoms with E-state index in [1.165, 1.54) is 36.1 Å². The molecule has 1 aromatic carbocycles. The van der Waals surface area contributed by atoms with E-state index in [1.54, 1.807) is 7.05 Å². The van der Waals surface area contributed by atoms with Crippen molar-refractivity contribution in [1.82, 2.24) is 24.7 Å². The predicted molar refractivity (Wildman–Crippen MR) is 112 cm³/mol. The molecule has 32 heavy (non-hydrogen) atoms. The number of ether oxygens (including phenoxy) is 1. The molecule has 3 heterocycles. The third-order valence-electron chi connectivity index (χ3n) is 5.07. The van der Waals surface area contributed by atoms with Crippen molar-refractivity contribution in [2.24, 2.45) is 7.05 Å². The van der Waals surface area contributed by atoms with Gasteiger partial charge in [-0.3, -0.25) is 4.68 Å². The molecule has 6 nitrogen and oxygen atoms in total. The van der Waals surface area contributed by atoms with E-state index >= 15 is 4.39 Å². The van der Waals surface area contributed by atoms with Crippen molar-refractivity contribution < 1.29 is 22.3 Å². The van der Waals surface area contributed by atoms with Gasteiger partial charge in [-0.05, 0) is 12.1 Å². The molecule has 10 heteroatoms. The molecule has 0 unspecified atom stereocenters. The second-order valence-corrected chi connectivity index (χ2v) is 8.42. The molecule has 0 fully saturated rings. The molecule has 0 bridgehead atoms. The average molecular weight is 447 g/mol. The second-order valence-electron chi connectivity index (χ2n) is 8.42. The van der Waals surface area contributed by atoms with Gasteiger partial charge in [-0.15, -0.1) is 0 Å². The fraction of sp³-hybridized carbons (Fsp3) is 0.318. The fourth-order valence-electron chi connectivity index (χ4n) is 3.57. The number of pyridine rings is 1. The van der Waals surface area contributed by atoms with Crippen LogP contribution in [0.2, 0.25) is 0 Å². The maximum atomic E-state index is 15.2. The van der Waals surface area contributed by atoms with Crippen LogP contribution in [0.25, 0.3) is 33.8 Å². The van der Waals surface area contributed by atoms with Crippen molar-refractivity contribution >= 4 is 11.0 Å². The first-order valence-corrected chi connectivity index (χ1v) is 9.76. The summed E-state index contributed by atoms with van der Waals surface area (Å²) in [4.78, 5) is 11.7. The van der Waals surface area contributed by atoms with Crippen molar-refractivity contribution in [3.8, 4) is 28.7 Å². The standard InChI is InChI=1S/C22H21F4N5O/c1-21(2,3)18-15(23)17(31(4)30-18)19-27-14-10-13(28-20(32-5)16(14)29-19)11-8-6-7-9-12(11)22(24,25)26/h6-10H,1-5H3,(H,27,29). The van der Waals surface area contributed by atoms with Crippen molar-refractivity contribution in [3.63, 3.8) is 0 Å². The Balaban J connectivity index is 1.92. The molecule has 0 aliphatic heterocycles. The van der Waals surface area contributed by atoms with Gasteiger partial charge in [0.2, 0.25) is 5.88 Å². The van der Waals surface area contributed by atoms with E-state index in [4.69, 9.17) is 4.74 Å². The Hall–Kier alpha value is -3.43. The third kappa shape index (κ3) is 3.59. The molecule has 0 amide bonds. The van der Waals surface area contributed by atoms with Crippen LogP contribution in [-0.4, -0.2) is 31.8 Å². The molecule has 0 spiro atoms. The quantitative estimate of drug-likeness (QED) is 0.422. The van der Waals surface area contributed by atoms with Gasteiger partial charge in [0, 0.05) is 18.0 Å². The van der Waals surface area contributed by atoms with Gasteiger partial charge in [0.25, 0.3) is 0 Å². The van der Waals surface area contributed by atoms with Gasteiger partial charge >= 0.3 is 6.18 Å². The van der Waals surface area contributed by atoms with E-state index < -0.39 is 23.0 Å². The summed E-state index contributed by atoms with van der Waals surface area (Å²) in [7, 11) is 2.95. The van der Waals surface area contributed by atoms with Crippen LogP contribution in [0.1, 0.15) is 32.0 Å². The number of aryl methyl sites for hydroxylation is 1. The lowest BCUT2D eigenvalue weighted by atomic mass is 9.92. The molecule has 168 valence electrons. The van der Waals surface area contributed by atoms with Crippen LogP contribution in [-0.2, 0) is 18.6 Å². The first-order chi connectivity index (χ1) is 14.9. The topological polar surface area (TPSA) is 68.6 Å². The van der Waals surface area contributed by atoms with Gasteiger partial charge < -0.3 is 9.72 Å². The van der Waals surface area contributed by atoms with Crippen LogP contribution in [0.5, 0.6) is 5.88 Å². The zero-order chi connectivity index (χ0) is 23.4. The Morgan fingerprint density at radius 2 is 1.75 bits per heavy atom. The number of methoxy groups -OCH3 is 1. The highest BCUT2D eigenvalue weighted by Crippen LogP contribution is 2.39. The molecule has 0 saturated carbocycles. The van der Waals surface area contributed by atoms with E-state index in [0.717, 1.165) is 6.07 Å². The molecule has 4 aromatic rings. The van der Waals surface area contributed by atoms with Gasteiger partial charge in [0.1, 0.15) is 16.9 Å². The molecular weight excluding hydrogens is 426 g/mol. The van der Waals surface area contributed by atoms with Gasteiger partial charge in [-0.1, -0.05) is 39.0 Å². The summed E-state index contributed by atoms with van der Waals surface area (Å²) in [5.41, 5.74) is -0.374. The number of hydrogen-bond donors (Lipinski definition) is 1. The van der Waals surface area contributed by atoms with Crippen LogP contribution in [0.3, 0.4) is 0 Å². The van der Waals surface area contributed by atoms with Crippen molar-refractivity contribution in [2.75, 3.05) is 7.11 Å². The molecule has 3 aromatic heterocycles. The smallest absolute Gasteiger partial charge is 0.417 e. The number of rotatable bonds is 3. The minimum absolute atomic E-state index is 0.0428. The molecule has 0 atom stereocenters. The van der Waals surface area contributed by atoms with E-state index in [9.17, 15) is 13.2 Å². The minimum Gasteiger partial charge on any atom is -0.479 e. The number of hydrogen-bond acceptors (Lipinski definition) is 4. The normalized spacial score (nSPS) is 12.5. The summed E-state index contributed by atoms with van der Waals surface area (Å²) in [6.45, 7) is 5.54. The summed E-state index contributed by atoms with van der Waals surface area (Å²) < 4.78 is 62.4. The van der Waals surface area contributed by atoms with Crippen molar-refractivity contribution in [2.45, 2.75) is 32.4 Å². The Morgan fingerprint density at radius 1 is 1.06 bits per heavy atom. The summed E-state index contributed by atoms with van der Waals surface area (Å²) in [6, 6.07) is 6.55. The van der Waals surface area contributed by atoms with Gasteiger partial charge in [-0.25, -0.2) is 14.4 Å². The third-order valence-corrected chi connectivity index (χ3v) is 5.07. The number of H-pyrrole nitrogens is 1. The monoisotopic (exact) mass is 447 g/mol. The summed E-state index contributed by atoms with van der Waals surface area (Å²) in [5.74, 6) is -0.301. The fourth-order valence-corrected chi connectivity index (χ4v) is 3.57. The number of alkyl halides is 3. The first kappa shape index (κ1) is 21.8. The Bertz CT molecular complexity index is 1310. The maximum Gasteiger partial charge on any atom is 0.417 e. The van der Waals surface area contributed by atoms with E-state index in [-0.39, 0.29) is 39.9 Å².